The molecular formula is C21H30N2O3S. The van der Waals surface area contributed by atoms with Crippen LogP contribution in [-0.2, 0) is 14.4 Å². The molecule has 0 unspecified atom stereocenters. The highest BCUT2D eigenvalue weighted by atomic mass is 32.2. The zero-order chi connectivity index (χ0) is 19.4. The number of amides is 2. The molecule has 4 aliphatic carbocycles. The molecule has 1 N–H and O–H groups in total. The fourth-order valence-electron chi connectivity index (χ4n) is 5.77. The van der Waals surface area contributed by atoms with Crippen LogP contribution >= 0.6 is 11.8 Å². The zero-order valence-corrected chi connectivity index (χ0v) is 17.4. The van der Waals surface area contributed by atoms with Gasteiger partial charge in [0.1, 0.15) is 6.54 Å². The maximum Gasteiger partial charge on any atom is 0.240 e. The summed E-state index contributed by atoms with van der Waals surface area (Å²) in [5.74, 6) is 2.40. The van der Waals surface area contributed by atoms with Gasteiger partial charge in [0.25, 0.3) is 0 Å². The molecule has 27 heavy (non-hydrogen) atoms. The van der Waals surface area contributed by atoms with Crippen molar-refractivity contribution in [3.05, 3.63) is 11.1 Å². The molecule has 0 aromatic carbocycles. The Bertz CT molecular complexity index is 671. The van der Waals surface area contributed by atoms with Gasteiger partial charge in [0.05, 0.1) is 10.8 Å². The summed E-state index contributed by atoms with van der Waals surface area (Å²) in [5.41, 5.74) is -0.542. The molecule has 5 fully saturated rings. The van der Waals surface area contributed by atoms with Gasteiger partial charge in [-0.15, -0.1) is 0 Å². The second-order valence-corrected chi connectivity index (χ2v) is 11.1. The van der Waals surface area contributed by atoms with Crippen molar-refractivity contribution < 1.29 is 14.4 Å². The highest BCUT2D eigenvalue weighted by Gasteiger charge is 2.51. The first kappa shape index (κ1) is 19.0. The minimum Gasteiger partial charge on any atom is -0.349 e. The van der Waals surface area contributed by atoms with Crippen LogP contribution in [0.15, 0.2) is 11.1 Å². The molecule has 1 heterocycles. The predicted molar refractivity (Wildman–Crippen MR) is 106 cm³/mol. The Morgan fingerprint density at radius 3 is 2.22 bits per heavy atom. The van der Waals surface area contributed by atoms with Gasteiger partial charge in [0.15, 0.2) is 5.78 Å². The molecule has 0 spiro atoms. The number of nitrogens with one attached hydrogen (secondary N) is 1. The second-order valence-electron chi connectivity index (χ2n) is 10.1. The maximum atomic E-state index is 12.8. The maximum absolute atomic E-state index is 12.8. The number of rotatable bonds is 4. The number of hydrogen-bond acceptors (Lipinski definition) is 4. The highest BCUT2D eigenvalue weighted by molar-refractivity contribution is 8.04. The van der Waals surface area contributed by atoms with Crippen molar-refractivity contribution >= 4 is 29.4 Å². The Labute approximate surface area is 165 Å². The first-order valence-corrected chi connectivity index (χ1v) is 11.1. The molecule has 4 saturated carbocycles. The molecule has 0 radical (unpaired) electrons. The van der Waals surface area contributed by atoms with Crippen molar-refractivity contribution in [3.8, 4) is 0 Å². The number of nitrogens with zero attached hydrogens (tertiary/aromatic N) is 1. The summed E-state index contributed by atoms with van der Waals surface area (Å²) in [7, 11) is 0. The van der Waals surface area contributed by atoms with Gasteiger partial charge in [0.2, 0.25) is 11.8 Å². The summed E-state index contributed by atoms with van der Waals surface area (Å²) in [6.45, 7) is 5.60. The molecule has 5 rings (SSSR count). The first-order chi connectivity index (χ1) is 12.6. The number of carbonyl (C=O) groups is 3. The summed E-state index contributed by atoms with van der Waals surface area (Å²) in [5, 5.41) is 3.93. The summed E-state index contributed by atoms with van der Waals surface area (Å²) >= 11 is 1.35. The number of hydrogen-bond donors (Lipinski definition) is 1. The molecular weight excluding hydrogens is 360 g/mol. The molecule has 0 aromatic heterocycles. The van der Waals surface area contributed by atoms with Crippen molar-refractivity contribution in [3.63, 3.8) is 0 Å². The Morgan fingerprint density at radius 1 is 1.15 bits per heavy atom. The summed E-state index contributed by atoms with van der Waals surface area (Å²) < 4.78 is 0. The Balaban J connectivity index is 1.43. The Morgan fingerprint density at radius 2 is 1.70 bits per heavy atom. The summed E-state index contributed by atoms with van der Waals surface area (Å²) in [6, 6.07) is 0. The average Bonchev–Trinajstić information content (AvgIpc) is 2.85. The lowest BCUT2D eigenvalue weighted by atomic mass is 9.53. The number of carbonyl (C=O) groups excluding carboxylic acids is 3. The van der Waals surface area contributed by atoms with E-state index in [0.717, 1.165) is 37.0 Å². The van der Waals surface area contributed by atoms with E-state index in [0.29, 0.717) is 10.8 Å². The first-order valence-electron chi connectivity index (χ1n) is 10.1. The fourth-order valence-corrected chi connectivity index (χ4v) is 6.71. The molecule has 1 aliphatic heterocycles. The second kappa shape index (κ2) is 6.64. The minimum absolute atomic E-state index is 0.0220. The highest BCUT2D eigenvalue weighted by Crippen LogP contribution is 2.55. The van der Waals surface area contributed by atoms with Crippen molar-refractivity contribution in [1.29, 1.82) is 0 Å². The van der Waals surface area contributed by atoms with Crippen LogP contribution in [-0.4, -0.2) is 40.3 Å². The van der Waals surface area contributed by atoms with Crippen molar-refractivity contribution in [2.24, 2.45) is 23.2 Å². The van der Waals surface area contributed by atoms with Crippen LogP contribution in [0.4, 0.5) is 0 Å². The Hall–Kier alpha value is -1.30. The molecule has 148 valence electrons. The molecule has 5 nitrogen and oxygen atoms in total. The van der Waals surface area contributed by atoms with Crippen molar-refractivity contribution in [2.45, 2.75) is 64.8 Å². The lowest BCUT2D eigenvalue weighted by molar-refractivity contribution is -0.134. The lowest BCUT2D eigenvalue weighted by Gasteiger charge is -2.57. The van der Waals surface area contributed by atoms with Gasteiger partial charge < -0.3 is 5.32 Å². The van der Waals surface area contributed by atoms with Gasteiger partial charge in [-0.3, -0.25) is 19.3 Å². The molecule has 5 aliphatic rings. The molecule has 6 heteroatoms. The zero-order valence-electron chi connectivity index (χ0n) is 16.5. The van der Waals surface area contributed by atoms with E-state index in [4.69, 9.17) is 0 Å². The third-order valence-corrected chi connectivity index (χ3v) is 7.67. The topological polar surface area (TPSA) is 66.5 Å². The van der Waals surface area contributed by atoms with E-state index in [-0.39, 0.29) is 29.7 Å². The molecule has 0 atom stereocenters. The largest absolute Gasteiger partial charge is 0.349 e. The molecule has 2 amide bonds. The quantitative estimate of drug-likeness (QED) is 0.749. The van der Waals surface area contributed by atoms with Crippen molar-refractivity contribution in [1.82, 2.24) is 10.2 Å². The molecule has 4 bridgehead atoms. The van der Waals surface area contributed by atoms with Crippen LogP contribution in [0.2, 0.25) is 0 Å². The monoisotopic (exact) mass is 390 g/mol. The van der Waals surface area contributed by atoms with Crippen LogP contribution < -0.4 is 5.32 Å². The number of thioether (sulfide) groups is 1. The standard InChI is InChI=1S/C21H30N2O3S/c1-20(2,3)16(24)7-19-23(18(26)12-27-19)11-17(25)22-21-8-13-4-14(9-21)6-15(5-13)10-21/h7,13-15H,4-6,8-12H2,1-3H3,(H,22,25). The molecule has 1 saturated heterocycles. The minimum atomic E-state index is -0.494. The van der Waals surface area contributed by atoms with Gasteiger partial charge in [-0.05, 0) is 56.3 Å². The van der Waals surface area contributed by atoms with Crippen LogP contribution in [0, 0.1) is 23.2 Å². The predicted octanol–water partition coefficient (Wildman–Crippen LogP) is 3.10. The van der Waals surface area contributed by atoms with Crippen molar-refractivity contribution in [2.75, 3.05) is 12.3 Å². The van der Waals surface area contributed by atoms with Crippen LogP contribution in [0.1, 0.15) is 59.3 Å². The van der Waals surface area contributed by atoms with E-state index in [9.17, 15) is 14.4 Å². The number of ketones is 1. The normalized spacial score (nSPS) is 36.6. The van der Waals surface area contributed by atoms with Gasteiger partial charge in [-0.2, -0.15) is 0 Å². The van der Waals surface area contributed by atoms with E-state index >= 15 is 0 Å². The van der Waals surface area contributed by atoms with Gasteiger partial charge in [-0.25, -0.2) is 0 Å². The SMILES string of the molecule is CC(C)(C)C(=O)C=C1SCC(=O)N1CC(=O)NC12CC3CC(CC(C3)C1)C2. The van der Waals surface area contributed by atoms with Crippen LogP contribution in [0.5, 0.6) is 0 Å². The van der Waals surface area contributed by atoms with E-state index in [1.807, 2.05) is 20.8 Å². The smallest absolute Gasteiger partial charge is 0.240 e. The third-order valence-electron chi connectivity index (χ3n) is 6.65. The Kier molecular flexibility index (Phi) is 4.68. The molecule has 0 aromatic rings. The van der Waals surface area contributed by atoms with Crippen LogP contribution in [0.25, 0.3) is 0 Å². The van der Waals surface area contributed by atoms with E-state index in [1.54, 1.807) is 0 Å². The van der Waals surface area contributed by atoms with Gasteiger partial charge in [0, 0.05) is 17.0 Å². The average molecular weight is 391 g/mol. The fraction of sp³-hybridized carbons (Fsp3) is 0.762. The summed E-state index contributed by atoms with van der Waals surface area (Å²) in [4.78, 5) is 38.9. The van der Waals surface area contributed by atoms with E-state index in [2.05, 4.69) is 5.32 Å². The van der Waals surface area contributed by atoms with Gasteiger partial charge in [-0.1, -0.05) is 32.5 Å². The summed E-state index contributed by atoms with van der Waals surface area (Å²) in [6.07, 6.45) is 8.82. The van der Waals surface area contributed by atoms with E-state index in [1.165, 1.54) is 42.0 Å². The third kappa shape index (κ3) is 3.82. The van der Waals surface area contributed by atoms with E-state index < -0.39 is 5.41 Å². The van der Waals surface area contributed by atoms with Gasteiger partial charge >= 0.3 is 0 Å². The van der Waals surface area contributed by atoms with Crippen LogP contribution in [0.3, 0.4) is 0 Å². The number of allylic oxidation sites excluding steroid dienone is 1. The lowest BCUT2D eigenvalue weighted by Crippen LogP contribution is -2.61.